The number of carbonyl (C=O) groups is 1. The topological polar surface area (TPSA) is 69.6 Å². The van der Waals surface area contributed by atoms with Gasteiger partial charge in [-0.1, -0.05) is 23.7 Å². The van der Waals surface area contributed by atoms with Crippen LogP contribution in [0.15, 0.2) is 18.2 Å². The van der Waals surface area contributed by atoms with E-state index in [1.54, 1.807) is 25.1 Å². The molecule has 0 saturated carbocycles. The fourth-order valence-electron chi connectivity index (χ4n) is 1.50. The minimum atomic E-state index is -0.948. The lowest BCUT2D eigenvalue weighted by Gasteiger charge is -2.20. The van der Waals surface area contributed by atoms with E-state index in [0.29, 0.717) is 5.02 Å². The van der Waals surface area contributed by atoms with Crippen molar-refractivity contribution in [3.8, 4) is 0 Å². The van der Waals surface area contributed by atoms with E-state index in [9.17, 15) is 9.90 Å². The molecule has 3 N–H and O–H groups in total. The molecule has 0 radical (unpaired) electrons. The Morgan fingerprint density at radius 3 is 2.71 bits per heavy atom. The molecule has 0 bridgehead atoms. The summed E-state index contributed by atoms with van der Waals surface area (Å²) in [4.78, 5) is 10.4. The summed E-state index contributed by atoms with van der Waals surface area (Å²) in [5.41, 5.74) is 1.60. The summed E-state index contributed by atoms with van der Waals surface area (Å²) in [5, 5.41) is 21.9. The predicted octanol–water partition coefficient (Wildman–Crippen LogP) is 1.74. The zero-order valence-electron chi connectivity index (χ0n) is 9.77. The molecule has 5 heteroatoms. The first-order valence-electron chi connectivity index (χ1n) is 5.31. The number of nitrogens with one attached hydrogen (secondary N) is 1. The molecule has 0 heterocycles. The smallest absolute Gasteiger partial charge is 0.317 e. The molecule has 2 unspecified atom stereocenters. The van der Waals surface area contributed by atoms with Crippen LogP contribution in [0.1, 0.15) is 24.2 Å². The Labute approximate surface area is 105 Å². The number of hydrogen-bond donors (Lipinski definition) is 3. The number of carboxylic acids is 1. The lowest BCUT2D eigenvalue weighted by molar-refractivity contribution is -0.136. The Hall–Kier alpha value is -1.10. The highest BCUT2D eigenvalue weighted by atomic mass is 35.5. The van der Waals surface area contributed by atoms with Crippen LogP contribution in [0.5, 0.6) is 0 Å². The maximum atomic E-state index is 10.4. The van der Waals surface area contributed by atoms with Crippen LogP contribution >= 0.6 is 11.6 Å². The fourth-order valence-corrected chi connectivity index (χ4v) is 1.62. The largest absolute Gasteiger partial charge is 0.480 e. The molecule has 0 fully saturated rings. The Morgan fingerprint density at radius 1 is 1.53 bits per heavy atom. The predicted molar refractivity (Wildman–Crippen MR) is 66.2 cm³/mol. The molecule has 0 amide bonds. The molecule has 0 aliphatic carbocycles. The number of rotatable bonds is 5. The molecular weight excluding hydrogens is 242 g/mol. The highest BCUT2D eigenvalue weighted by molar-refractivity contribution is 6.31. The van der Waals surface area contributed by atoms with Gasteiger partial charge in [0.2, 0.25) is 0 Å². The van der Waals surface area contributed by atoms with Crippen molar-refractivity contribution in [2.24, 2.45) is 0 Å². The molecule has 2 atom stereocenters. The van der Waals surface area contributed by atoms with Gasteiger partial charge in [0.25, 0.3) is 0 Å². The summed E-state index contributed by atoms with van der Waals surface area (Å²) >= 11 is 5.89. The van der Waals surface area contributed by atoms with Crippen molar-refractivity contribution in [1.82, 2.24) is 5.32 Å². The Morgan fingerprint density at radius 2 is 2.18 bits per heavy atom. The first kappa shape index (κ1) is 14.0. The summed E-state index contributed by atoms with van der Waals surface area (Å²) < 4.78 is 0. The van der Waals surface area contributed by atoms with Gasteiger partial charge < -0.3 is 15.5 Å². The van der Waals surface area contributed by atoms with Crippen molar-refractivity contribution in [3.63, 3.8) is 0 Å². The lowest BCUT2D eigenvalue weighted by atomic mass is 10.0. The fraction of sp³-hybridized carbons (Fsp3) is 0.417. The quantitative estimate of drug-likeness (QED) is 0.752. The lowest BCUT2D eigenvalue weighted by Crippen LogP contribution is -2.35. The van der Waals surface area contributed by atoms with Crippen LogP contribution in [-0.2, 0) is 4.79 Å². The molecule has 0 aliphatic rings. The minimum absolute atomic E-state index is 0.176. The van der Waals surface area contributed by atoms with Crippen LogP contribution in [0.25, 0.3) is 0 Å². The van der Waals surface area contributed by atoms with Crippen LogP contribution < -0.4 is 5.32 Å². The molecule has 4 nitrogen and oxygen atoms in total. The first-order chi connectivity index (χ1) is 7.91. The number of benzene rings is 1. The Kier molecular flexibility index (Phi) is 4.93. The van der Waals surface area contributed by atoms with Crippen LogP contribution in [0, 0.1) is 6.92 Å². The van der Waals surface area contributed by atoms with Gasteiger partial charge in [-0.2, -0.15) is 0 Å². The molecule has 0 spiro atoms. The van der Waals surface area contributed by atoms with E-state index < -0.39 is 12.1 Å². The maximum absolute atomic E-state index is 10.4. The standard InChI is InChI=1S/C12H16ClNO3/c1-7-5-9(3-4-10(7)13)12(17)8(2)14-6-11(15)16/h3-5,8,12,14,17H,6H2,1-2H3,(H,15,16). The zero-order valence-corrected chi connectivity index (χ0v) is 10.5. The van der Waals surface area contributed by atoms with E-state index in [4.69, 9.17) is 16.7 Å². The van der Waals surface area contributed by atoms with E-state index in [0.717, 1.165) is 11.1 Å². The third-order valence-corrected chi connectivity index (χ3v) is 3.00. The van der Waals surface area contributed by atoms with E-state index in [1.165, 1.54) is 0 Å². The van der Waals surface area contributed by atoms with Crippen molar-refractivity contribution < 1.29 is 15.0 Å². The second kappa shape index (κ2) is 6.00. The van der Waals surface area contributed by atoms with Gasteiger partial charge in [-0.15, -0.1) is 0 Å². The van der Waals surface area contributed by atoms with Crippen LogP contribution in [0.4, 0.5) is 0 Å². The molecule has 0 saturated heterocycles. The van der Waals surface area contributed by atoms with Crippen molar-refractivity contribution in [1.29, 1.82) is 0 Å². The number of hydrogen-bond acceptors (Lipinski definition) is 3. The van der Waals surface area contributed by atoms with Crippen LogP contribution in [-0.4, -0.2) is 28.8 Å². The average Bonchev–Trinajstić information content (AvgIpc) is 2.28. The van der Waals surface area contributed by atoms with Crippen molar-refractivity contribution in [2.75, 3.05) is 6.54 Å². The van der Waals surface area contributed by atoms with Gasteiger partial charge in [-0.3, -0.25) is 4.79 Å². The molecular formula is C12H16ClNO3. The molecule has 1 rings (SSSR count). The monoisotopic (exact) mass is 257 g/mol. The van der Waals surface area contributed by atoms with E-state index in [1.807, 2.05) is 6.92 Å². The van der Waals surface area contributed by atoms with Crippen molar-refractivity contribution in [2.45, 2.75) is 26.0 Å². The SMILES string of the molecule is Cc1cc(C(O)C(C)NCC(=O)O)ccc1Cl. The zero-order chi connectivity index (χ0) is 13.0. The highest BCUT2D eigenvalue weighted by Gasteiger charge is 2.17. The van der Waals surface area contributed by atoms with Gasteiger partial charge in [0, 0.05) is 11.1 Å². The number of aliphatic hydroxyl groups excluding tert-OH is 1. The average molecular weight is 258 g/mol. The summed E-state index contributed by atoms with van der Waals surface area (Å²) in [5.74, 6) is -0.948. The van der Waals surface area contributed by atoms with E-state index >= 15 is 0 Å². The third-order valence-electron chi connectivity index (χ3n) is 2.57. The normalized spacial score (nSPS) is 14.4. The number of halogens is 1. The number of aliphatic carboxylic acids is 1. The number of aliphatic hydroxyl groups is 1. The molecule has 1 aromatic carbocycles. The minimum Gasteiger partial charge on any atom is -0.480 e. The van der Waals surface area contributed by atoms with E-state index in [-0.39, 0.29) is 12.6 Å². The van der Waals surface area contributed by atoms with Gasteiger partial charge in [0.05, 0.1) is 12.6 Å². The van der Waals surface area contributed by atoms with E-state index in [2.05, 4.69) is 5.32 Å². The number of aryl methyl sites for hydroxylation is 1. The molecule has 17 heavy (non-hydrogen) atoms. The molecule has 1 aromatic rings. The van der Waals surface area contributed by atoms with Gasteiger partial charge in [-0.25, -0.2) is 0 Å². The third kappa shape index (κ3) is 4.00. The van der Waals surface area contributed by atoms with Crippen LogP contribution in [0.3, 0.4) is 0 Å². The summed E-state index contributed by atoms with van der Waals surface area (Å²) in [7, 11) is 0. The van der Waals surface area contributed by atoms with Gasteiger partial charge >= 0.3 is 5.97 Å². The second-order valence-electron chi connectivity index (χ2n) is 4.02. The summed E-state index contributed by atoms with van der Waals surface area (Å²) in [6.45, 7) is 3.41. The van der Waals surface area contributed by atoms with Crippen LogP contribution in [0.2, 0.25) is 5.02 Å². The summed E-state index contributed by atoms with van der Waals surface area (Å²) in [6.07, 6.45) is -0.759. The van der Waals surface area contributed by atoms with Gasteiger partial charge in [-0.05, 0) is 31.0 Å². The Balaban J connectivity index is 2.70. The summed E-state index contributed by atoms with van der Waals surface area (Å²) in [6, 6.07) is 4.91. The van der Waals surface area contributed by atoms with Gasteiger partial charge in [0.15, 0.2) is 0 Å². The maximum Gasteiger partial charge on any atom is 0.317 e. The van der Waals surface area contributed by atoms with Crippen molar-refractivity contribution >= 4 is 17.6 Å². The second-order valence-corrected chi connectivity index (χ2v) is 4.42. The highest BCUT2D eigenvalue weighted by Crippen LogP contribution is 2.22. The number of carboxylic acid groups (broad SMARTS) is 1. The van der Waals surface area contributed by atoms with Gasteiger partial charge in [0.1, 0.15) is 0 Å². The molecule has 94 valence electrons. The molecule has 0 aromatic heterocycles. The first-order valence-corrected chi connectivity index (χ1v) is 5.69. The Bertz CT molecular complexity index is 409. The van der Waals surface area contributed by atoms with Crippen molar-refractivity contribution in [3.05, 3.63) is 34.3 Å². The molecule has 0 aliphatic heterocycles.